The van der Waals surface area contributed by atoms with Gasteiger partial charge in [0.2, 0.25) is 5.91 Å². The lowest BCUT2D eigenvalue weighted by Gasteiger charge is -2.30. The first-order chi connectivity index (χ1) is 35.0. The fourth-order valence-electron chi connectivity index (χ4n) is 8.49. The molecule has 0 fully saturated rings. The van der Waals surface area contributed by atoms with E-state index in [4.69, 9.17) is 9.05 Å². The van der Waals surface area contributed by atoms with E-state index in [2.05, 4.69) is 104 Å². The van der Waals surface area contributed by atoms with Crippen LogP contribution in [-0.2, 0) is 18.4 Å². The predicted octanol–water partition coefficient (Wildman–Crippen LogP) is 17.8. The Bertz CT molecular complexity index is 1450. The molecular weight excluding hydrogens is 912 g/mol. The molecule has 0 radical (unpaired) electrons. The summed E-state index contributed by atoms with van der Waals surface area (Å²) in [4.78, 5) is 25.6. The van der Waals surface area contributed by atoms with Gasteiger partial charge in [-0.1, -0.05) is 266 Å². The van der Waals surface area contributed by atoms with E-state index in [-0.39, 0.29) is 19.1 Å². The van der Waals surface area contributed by atoms with E-state index in [9.17, 15) is 19.4 Å². The lowest BCUT2D eigenvalue weighted by atomic mass is 10.0. The number of rotatable bonds is 54. The van der Waals surface area contributed by atoms with Crippen molar-refractivity contribution < 1.29 is 32.9 Å². The molecule has 0 aromatic heterocycles. The van der Waals surface area contributed by atoms with Gasteiger partial charge >= 0.3 is 0 Å². The monoisotopic (exact) mass is 1030 g/mol. The van der Waals surface area contributed by atoms with Crippen LogP contribution < -0.4 is 10.2 Å². The van der Waals surface area contributed by atoms with Crippen molar-refractivity contribution in [1.82, 2.24) is 5.32 Å². The molecule has 0 spiro atoms. The van der Waals surface area contributed by atoms with E-state index in [1.165, 1.54) is 148 Å². The van der Waals surface area contributed by atoms with E-state index >= 15 is 0 Å². The molecule has 3 unspecified atom stereocenters. The highest BCUT2D eigenvalue weighted by atomic mass is 31.2. The lowest BCUT2D eigenvalue weighted by molar-refractivity contribution is -0.870. The maximum atomic E-state index is 13.0. The number of likely N-dealkylation sites (N-methyl/N-ethyl adjacent to an activating group) is 1. The summed E-state index contributed by atoms with van der Waals surface area (Å²) in [5.41, 5.74) is 0. The number of aliphatic hydroxyl groups excluding tert-OH is 1. The average Bonchev–Trinajstić information content (AvgIpc) is 3.34. The Kier molecular flexibility index (Phi) is 51.8. The molecule has 0 saturated heterocycles. The molecule has 2 N–H and O–H groups in total. The molecule has 0 aliphatic carbocycles. The Labute approximate surface area is 446 Å². The van der Waals surface area contributed by atoms with Crippen LogP contribution in [0.1, 0.15) is 258 Å². The molecule has 0 saturated carbocycles. The smallest absolute Gasteiger partial charge is 0.268 e. The predicted molar refractivity (Wildman–Crippen MR) is 311 cm³/mol. The van der Waals surface area contributed by atoms with Gasteiger partial charge in [-0.05, 0) is 70.6 Å². The third-order valence-corrected chi connectivity index (χ3v) is 14.1. The zero-order chi connectivity index (χ0) is 52.7. The van der Waals surface area contributed by atoms with Gasteiger partial charge in [0.25, 0.3) is 7.82 Å². The van der Waals surface area contributed by atoms with Gasteiger partial charge in [-0.25, -0.2) is 0 Å². The summed E-state index contributed by atoms with van der Waals surface area (Å²) in [6.45, 7) is 4.62. The van der Waals surface area contributed by atoms with Crippen LogP contribution in [-0.4, -0.2) is 68.5 Å². The number of hydrogen-bond acceptors (Lipinski definition) is 6. The second-order valence-corrected chi connectivity index (χ2v) is 22.7. The molecule has 3 atom stereocenters. The van der Waals surface area contributed by atoms with Crippen LogP contribution in [0.5, 0.6) is 0 Å². The first kappa shape index (κ1) is 69.7. The molecule has 9 heteroatoms. The van der Waals surface area contributed by atoms with Gasteiger partial charge in [0.05, 0.1) is 39.9 Å². The van der Waals surface area contributed by atoms with Crippen molar-refractivity contribution in [2.24, 2.45) is 0 Å². The van der Waals surface area contributed by atoms with E-state index in [1.807, 2.05) is 21.1 Å². The van der Waals surface area contributed by atoms with Crippen LogP contribution in [0.3, 0.4) is 0 Å². The quantitative estimate of drug-likeness (QED) is 0.0272. The van der Waals surface area contributed by atoms with E-state index < -0.39 is 20.0 Å². The summed E-state index contributed by atoms with van der Waals surface area (Å²) in [6, 6.07) is -0.807. The van der Waals surface area contributed by atoms with Crippen LogP contribution in [0.25, 0.3) is 0 Å². The molecule has 0 rings (SSSR count). The van der Waals surface area contributed by atoms with Gasteiger partial charge < -0.3 is 28.8 Å². The minimum Gasteiger partial charge on any atom is -0.756 e. The molecule has 0 aliphatic rings. The normalized spacial score (nSPS) is 14.5. The summed E-state index contributed by atoms with van der Waals surface area (Å²) < 4.78 is 23.4. The molecule has 72 heavy (non-hydrogen) atoms. The third-order valence-electron chi connectivity index (χ3n) is 13.1. The van der Waals surface area contributed by atoms with Crippen molar-refractivity contribution in [1.29, 1.82) is 0 Å². The van der Waals surface area contributed by atoms with Crippen molar-refractivity contribution in [3.8, 4) is 0 Å². The average molecular weight is 1030 g/mol. The summed E-state index contributed by atoms with van der Waals surface area (Å²) in [7, 11) is 1.30. The molecule has 8 nitrogen and oxygen atoms in total. The first-order valence-corrected chi connectivity index (χ1v) is 31.4. The zero-order valence-corrected chi connectivity index (χ0v) is 48.5. The number of nitrogens with one attached hydrogen (secondary N) is 1. The topological polar surface area (TPSA) is 108 Å². The van der Waals surface area contributed by atoms with Crippen LogP contribution in [0.2, 0.25) is 0 Å². The summed E-state index contributed by atoms with van der Waals surface area (Å²) in [5, 5.41) is 14.0. The Hall–Kier alpha value is -2.32. The minimum absolute atomic E-state index is 0.00878. The third kappa shape index (κ3) is 55.4. The highest BCUT2D eigenvalue weighted by Crippen LogP contribution is 2.38. The Balaban J connectivity index is 4.12. The van der Waals surface area contributed by atoms with Crippen molar-refractivity contribution >= 4 is 13.7 Å². The van der Waals surface area contributed by atoms with Crippen molar-refractivity contribution in [2.75, 3.05) is 40.9 Å². The lowest BCUT2D eigenvalue weighted by Crippen LogP contribution is -2.46. The summed E-state index contributed by atoms with van der Waals surface area (Å²) >= 11 is 0. The van der Waals surface area contributed by atoms with Crippen molar-refractivity contribution in [3.63, 3.8) is 0 Å². The number of unbranched alkanes of at least 4 members (excludes halogenated alkanes) is 27. The first-order valence-electron chi connectivity index (χ1n) is 29.9. The van der Waals surface area contributed by atoms with Gasteiger partial charge in [0, 0.05) is 6.42 Å². The van der Waals surface area contributed by atoms with E-state index in [0.29, 0.717) is 23.9 Å². The number of hydrogen-bond donors (Lipinski definition) is 2. The largest absolute Gasteiger partial charge is 0.756 e. The Morgan fingerprint density at radius 3 is 1.24 bits per heavy atom. The van der Waals surface area contributed by atoms with Crippen molar-refractivity contribution in [3.05, 3.63) is 85.1 Å². The molecule has 0 aliphatic heterocycles. The summed E-state index contributed by atoms with van der Waals surface area (Å²) in [6.07, 6.45) is 74.7. The number of aliphatic hydroxyl groups is 1. The van der Waals surface area contributed by atoms with E-state index in [1.54, 1.807) is 0 Å². The van der Waals surface area contributed by atoms with Gasteiger partial charge in [-0.15, -0.1) is 0 Å². The number of nitrogens with zero attached hydrogens (tertiary/aromatic N) is 1. The van der Waals surface area contributed by atoms with Gasteiger partial charge in [-0.2, -0.15) is 0 Å². The number of amides is 1. The van der Waals surface area contributed by atoms with Crippen LogP contribution >= 0.6 is 7.82 Å². The summed E-state index contributed by atoms with van der Waals surface area (Å²) in [5.74, 6) is -0.169. The number of carbonyl (C=O) groups excluding carboxylic acids is 1. The SMILES string of the molecule is CC/C=C\C/C=C\C/C=C\C/C=C\C/C=C\C/C=C\C/C=C\CCCCCCCCCCCCCC(=O)NC(COP(=O)([O-])OCC[N+](C)(C)C)C(O)CCCCCCCCCCCCCCCCCCC. The maximum absolute atomic E-state index is 13.0. The van der Waals surface area contributed by atoms with Crippen LogP contribution in [0, 0.1) is 0 Å². The number of allylic oxidation sites excluding steroid dienone is 14. The minimum atomic E-state index is -4.58. The molecular formula is C63H115N2O6P. The Morgan fingerprint density at radius 2 is 0.847 bits per heavy atom. The second-order valence-electron chi connectivity index (χ2n) is 21.3. The molecule has 0 heterocycles. The maximum Gasteiger partial charge on any atom is 0.268 e. The standard InChI is InChI=1S/C63H115N2O6P/c1-6-8-10-12-14-16-18-20-22-24-25-26-27-28-29-30-31-32-33-34-35-36-37-38-39-41-43-45-47-49-51-53-55-57-63(67)64-61(60-71-72(68,69)70-59-58-65(3,4)5)62(66)56-54-52-50-48-46-44-42-40-23-21-19-17-15-13-11-9-7-2/h8,10,14,16,20,22,25-26,28-29,31-32,34-35,61-62,66H,6-7,9,11-13,15,17-19,21,23-24,27,30,33,36-60H2,1-5H3,(H-,64,67,68,69)/b10-8-,16-14-,22-20-,26-25-,29-28-,32-31-,35-34-. The zero-order valence-electron chi connectivity index (χ0n) is 47.6. The fourth-order valence-corrected chi connectivity index (χ4v) is 9.22. The molecule has 0 aromatic rings. The Morgan fingerprint density at radius 1 is 0.500 bits per heavy atom. The highest BCUT2D eigenvalue weighted by Gasteiger charge is 2.24. The van der Waals surface area contributed by atoms with Crippen LogP contribution in [0.4, 0.5) is 0 Å². The van der Waals surface area contributed by atoms with Gasteiger partial charge in [-0.3, -0.25) is 9.36 Å². The van der Waals surface area contributed by atoms with Gasteiger partial charge in [0.1, 0.15) is 13.2 Å². The number of carbonyl (C=O) groups is 1. The second kappa shape index (κ2) is 53.5. The number of phosphoric acid groups is 1. The van der Waals surface area contributed by atoms with Gasteiger partial charge in [0.15, 0.2) is 0 Å². The molecule has 1 amide bonds. The number of quaternary nitrogens is 1. The highest BCUT2D eigenvalue weighted by molar-refractivity contribution is 7.45. The molecule has 0 bridgehead atoms. The van der Waals surface area contributed by atoms with Crippen LogP contribution in [0.15, 0.2) is 85.1 Å². The molecule has 418 valence electrons. The van der Waals surface area contributed by atoms with E-state index in [0.717, 1.165) is 83.5 Å². The fraction of sp³-hybridized carbons (Fsp3) is 0.762. The van der Waals surface area contributed by atoms with Crippen molar-refractivity contribution in [2.45, 2.75) is 270 Å². The number of phosphoric ester groups is 1. The molecule has 0 aromatic carbocycles.